The molecule has 2 aromatic carbocycles. The van der Waals surface area contributed by atoms with Crippen LogP contribution in [-0.2, 0) is 24.3 Å². The molecule has 2 aromatic heterocycles. The van der Waals surface area contributed by atoms with E-state index in [-0.39, 0.29) is 19.8 Å². The van der Waals surface area contributed by atoms with Crippen LogP contribution in [0.4, 0.5) is 5.95 Å². The zero-order valence-electron chi connectivity index (χ0n) is 21.1. The van der Waals surface area contributed by atoms with Crippen molar-refractivity contribution in [2.24, 2.45) is 5.10 Å². The molecule has 0 spiro atoms. The molecule has 5 aliphatic rings. The lowest BCUT2D eigenvalue weighted by Gasteiger charge is -2.31. The third-order valence-corrected chi connectivity index (χ3v) is 10.9. The Kier molecular flexibility index (Phi) is 5.20. The second kappa shape index (κ2) is 8.98. The maximum Gasteiger partial charge on any atom is 0.241 e. The van der Waals surface area contributed by atoms with Crippen LogP contribution in [0.25, 0.3) is 5.00 Å². The summed E-state index contributed by atoms with van der Waals surface area (Å²) in [5.41, 5.74) is 8.51. The highest BCUT2D eigenvalue weighted by molar-refractivity contribution is 8.13. The van der Waals surface area contributed by atoms with Crippen molar-refractivity contribution in [1.29, 1.82) is 0 Å². The Morgan fingerprint density at radius 2 is 1.60 bits per heavy atom. The van der Waals surface area contributed by atoms with Gasteiger partial charge in [0.2, 0.25) is 19.5 Å². The number of nitrogens with one attached hydrogen (secondary N) is 1. The zero-order chi connectivity index (χ0) is 26.2. The maximum absolute atomic E-state index is 5.58. The van der Waals surface area contributed by atoms with E-state index < -0.39 is 0 Å². The fourth-order valence-corrected chi connectivity index (χ4v) is 9.02. The second-order valence-electron chi connectivity index (χ2n) is 9.94. The molecule has 4 aromatic rings. The highest BCUT2D eigenvalue weighted by Crippen LogP contribution is 2.50. The van der Waals surface area contributed by atoms with E-state index in [0.717, 1.165) is 74.7 Å². The zero-order valence-corrected chi connectivity index (χ0v) is 23.5. The van der Waals surface area contributed by atoms with E-state index in [1.165, 1.54) is 27.4 Å². The summed E-state index contributed by atoms with van der Waals surface area (Å²) in [6.07, 6.45) is 3.36. The number of amidine groups is 1. The van der Waals surface area contributed by atoms with E-state index in [9.17, 15) is 0 Å². The van der Waals surface area contributed by atoms with Gasteiger partial charge in [-0.25, -0.2) is 4.57 Å². The summed E-state index contributed by atoms with van der Waals surface area (Å²) in [6, 6.07) is 12.2. The van der Waals surface area contributed by atoms with E-state index in [2.05, 4.69) is 32.1 Å². The number of aryl methyl sites for hydroxylation is 1. The number of nitrogens with zero attached hydrogens (tertiary/aromatic N) is 5. The van der Waals surface area contributed by atoms with Gasteiger partial charge >= 0.3 is 0 Å². The van der Waals surface area contributed by atoms with Crippen LogP contribution in [0.3, 0.4) is 0 Å². The van der Waals surface area contributed by atoms with Crippen LogP contribution in [0, 0.1) is 0 Å². The lowest BCUT2D eigenvalue weighted by molar-refractivity contribution is 0.173. The van der Waals surface area contributed by atoms with Crippen molar-refractivity contribution in [1.82, 2.24) is 20.2 Å². The first-order chi connectivity index (χ1) is 19.8. The van der Waals surface area contributed by atoms with Gasteiger partial charge in [0.25, 0.3) is 0 Å². The first-order valence-electron chi connectivity index (χ1n) is 13.1. The summed E-state index contributed by atoms with van der Waals surface area (Å²) in [5, 5.41) is 17.2. The van der Waals surface area contributed by atoms with Crippen molar-refractivity contribution in [3.63, 3.8) is 0 Å². The molecule has 13 heteroatoms. The topological polar surface area (TPSA) is 95.3 Å². The molecule has 0 saturated heterocycles. The van der Waals surface area contributed by atoms with Gasteiger partial charge in [-0.05, 0) is 60.2 Å². The predicted molar refractivity (Wildman–Crippen MR) is 153 cm³/mol. The van der Waals surface area contributed by atoms with Crippen molar-refractivity contribution in [3.05, 3.63) is 63.5 Å². The Labute approximate surface area is 241 Å². The largest absolute Gasteiger partial charge is 0.454 e. The smallest absolute Gasteiger partial charge is 0.241 e. The number of ether oxygens (including phenoxy) is 4. The normalized spacial score (nSPS) is 18.8. The van der Waals surface area contributed by atoms with Crippen molar-refractivity contribution >= 4 is 46.0 Å². The summed E-state index contributed by atoms with van der Waals surface area (Å²) >= 11 is 5.24. The predicted octanol–water partition coefficient (Wildman–Crippen LogP) is 5.19. The van der Waals surface area contributed by atoms with Crippen molar-refractivity contribution in [2.75, 3.05) is 18.5 Å². The van der Waals surface area contributed by atoms with Crippen LogP contribution in [-0.4, -0.2) is 33.5 Å². The monoisotopic (exact) mass is 590 g/mol. The summed E-state index contributed by atoms with van der Waals surface area (Å²) in [6.45, 7) is 0.549. The molecule has 0 amide bonds. The molecule has 0 fully saturated rings. The molecule has 1 unspecified atom stereocenters. The van der Waals surface area contributed by atoms with Gasteiger partial charge in [0.05, 0.1) is 0 Å². The minimum Gasteiger partial charge on any atom is -0.454 e. The van der Waals surface area contributed by atoms with E-state index in [1.54, 1.807) is 23.5 Å². The molecule has 1 atom stereocenters. The number of thioether (sulfide) groups is 2. The number of anilines is 1. The number of rotatable bonds is 5. The first kappa shape index (κ1) is 23.2. The van der Waals surface area contributed by atoms with Crippen molar-refractivity contribution < 1.29 is 18.9 Å². The van der Waals surface area contributed by atoms with Gasteiger partial charge in [-0.1, -0.05) is 35.7 Å². The Balaban J connectivity index is 1.04. The standard InChI is InChI=1S/C27H22N6O4S3/c1-2-16-21(3-1)40-24-22(16)23-28-30-26(38-10-14-4-6-17-19(8-14)36-12-34-17)32(23)25-29-31-27(33(24)25)39-11-15-5-7-18-20(9-15)37-13-35-18/h4-9,23,28H,1-3,10-13H2. The van der Waals surface area contributed by atoms with Gasteiger partial charge in [-0.15, -0.1) is 21.5 Å². The van der Waals surface area contributed by atoms with Crippen LogP contribution in [0.5, 0.6) is 23.0 Å². The third kappa shape index (κ3) is 3.53. The van der Waals surface area contributed by atoms with Gasteiger partial charge in [0, 0.05) is 21.9 Å². The molecular weight excluding hydrogens is 569 g/mol. The van der Waals surface area contributed by atoms with Crippen LogP contribution in [0.1, 0.15) is 39.7 Å². The fourth-order valence-electron chi connectivity index (χ4n) is 5.74. The summed E-state index contributed by atoms with van der Waals surface area (Å²) in [7, 11) is 0. The van der Waals surface area contributed by atoms with E-state index in [0.29, 0.717) is 0 Å². The highest BCUT2D eigenvalue weighted by Gasteiger charge is 2.44. The van der Waals surface area contributed by atoms with Gasteiger partial charge in [0.15, 0.2) is 39.5 Å². The molecule has 9 rings (SSSR count). The lowest BCUT2D eigenvalue weighted by Crippen LogP contribution is -2.38. The molecule has 10 nitrogen and oxygen atoms in total. The van der Waals surface area contributed by atoms with E-state index in [4.69, 9.17) is 29.1 Å². The van der Waals surface area contributed by atoms with Gasteiger partial charge < -0.3 is 18.9 Å². The number of hydrogen-bond donors (Lipinski definition) is 1. The number of hydrogen-bond acceptors (Lipinski definition) is 12. The number of fused-ring (bicyclic) bond motifs is 10. The number of aromatic nitrogens is 3. The Morgan fingerprint density at radius 3 is 2.38 bits per heavy atom. The number of thiophene rings is 1. The summed E-state index contributed by atoms with van der Waals surface area (Å²) in [4.78, 5) is 3.68. The second-order valence-corrected chi connectivity index (χ2v) is 12.9. The number of benzene rings is 2. The molecule has 0 bridgehead atoms. The lowest BCUT2D eigenvalue weighted by atomic mass is 10.1. The molecule has 1 N–H and O–H groups in total. The average Bonchev–Trinajstić information content (AvgIpc) is 3.80. The Morgan fingerprint density at radius 1 is 0.875 bits per heavy atom. The average molecular weight is 591 g/mol. The molecule has 202 valence electrons. The molecular formula is C27H22N6O4S3. The molecule has 40 heavy (non-hydrogen) atoms. The SMILES string of the molecule is c1cc2c(cc1CSC1=NNC3c4c(sc5c4CCC5)-n4c(SCc5ccc6c(c5)OCO6)nnc4N13)OCO2. The fraction of sp³-hybridized carbons (Fsp3) is 0.296. The third-order valence-electron chi connectivity index (χ3n) is 7.61. The highest BCUT2D eigenvalue weighted by atomic mass is 32.2. The summed E-state index contributed by atoms with van der Waals surface area (Å²) in [5.74, 6) is 5.47. The Hall–Kier alpha value is -3.55. The van der Waals surface area contributed by atoms with Gasteiger partial charge in [-0.2, -0.15) is 5.10 Å². The van der Waals surface area contributed by atoms with Crippen molar-refractivity contribution in [2.45, 2.75) is 42.1 Å². The van der Waals surface area contributed by atoms with Gasteiger partial charge in [0.1, 0.15) is 5.00 Å². The molecule has 1 aliphatic carbocycles. The van der Waals surface area contributed by atoms with Crippen molar-refractivity contribution in [3.8, 4) is 28.0 Å². The van der Waals surface area contributed by atoms with Crippen LogP contribution in [0.2, 0.25) is 0 Å². The first-order valence-corrected chi connectivity index (χ1v) is 15.8. The van der Waals surface area contributed by atoms with E-state index in [1.807, 2.05) is 35.6 Å². The number of hydrazone groups is 1. The van der Waals surface area contributed by atoms with Crippen LogP contribution < -0.4 is 29.3 Å². The van der Waals surface area contributed by atoms with Gasteiger partial charge in [-0.3, -0.25) is 10.3 Å². The summed E-state index contributed by atoms with van der Waals surface area (Å²) < 4.78 is 24.3. The van der Waals surface area contributed by atoms with Crippen LogP contribution in [0.15, 0.2) is 46.7 Å². The molecule has 6 heterocycles. The molecule has 0 saturated carbocycles. The van der Waals surface area contributed by atoms with E-state index >= 15 is 0 Å². The Bertz CT molecular complexity index is 1720. The minimum absolute atomic E-state index is 0.0734. The minimum atomic E-state index is -0.0734. The molecule has 4 aliphatic heterocycles. The van der Waals surface area contributed by atoms with Crippen LogP contribution >= 0.6 is 34.9 Å². The molecule has 0 radical (unpaired) electrons. The quantitative estimate of drug-likeness (QED) is 0.313. The maximum atomic E-state index is 5.58.